The van der Waals surface area contributed by atoms with Crippen LogP contribution in [-0.4, -0.2) is 22.3 Å². The Morgan fingerprint density at radius 2 is 2.35 bits per heavy atom. The number of hydrogen-bond donors (Lipinski definition) is 2. The van der Waals surface area contributed by atoms with E-state index in [1.165, 1.54) is 6.21 Å². The highest BCUT2D eigenvalue weighted by molar-refractivity contribution is 5.92. The minimum absolute atomic E-state index is 0.301. The van der Waals surface area contributed by atoms with Gasteiger partial charge >= 0.3 is 0 Å². The maximum absolute atomic E-state index is 11.5. The summed E-state index contributed by atoms with van der Waals surface area (Å²) in [6, 6.07) is 5.23. The van der Waals surface area contributed by atoms with E-state index in [1.807, 2.05) is 19.9 Å². The van der Waals surface area contributed by atoms with E-state index in [1.54, 1.807) is 12.1 Å². The van der Waals surface area contributed by atoms with Crippen LogP contribution in [-0.2, 0) is 0 Å². The van der Waals surface area contributed by atoms with E-state index in [0.717, 1.165) is 11.5 Å². The molecule has 6 nitrogen and oxygen atoms in total. The zero-order valence-corrected chi connectivity index (χ0v) is 9.52. The van der Waals surface area contributed by atoms with Gasteiger partial charge in [-0.3, -0.25) is 9.89 Å². The summed E-state index contributed by atoms with van der Waals surface area (Å²) in [5.74, 6) is 1.01. The summed E-state index contributed by atoms with van der Waals surface area (Å²) in [7, 11) is 0. The van der Waals surface area contributed by atoms with Crippen molar-refractivity contribution in [3.8, 4) is 0 Å². The predicted molar refractivity (Wildman–Crippen MR) is 61.8 cm³/mol. The Hall–Kier alpha value is -2.37. The molecule has 6 heteroatoms. The lowest BCUT2D eigenvalue weighted by molar-refractivity contribution is 0.0950. The van der Waals surface area contributed by atoms with Gasteiger partial charge in [-0.05, 0) is 32.0 Å². The molecule has 0 aliphatic rings. The lowest BCUT2D eigenvalue weighted by Crippen LogP contribution is -2.17. The maximum Gasteiger partial charge on any atom is 0.291 e. The van der Waals surface area contributed by atoms with Gasteiger partial charge in [-0.15, -0.1) is 0 Å². The average Bonchev–Trinajstić information content (AvgIpc) is 2.88. The molecule has 0 aliphatic heterocycles. The average molecular weight is 232 g/mol. The van der Waals surface area contributed by atoms with E-state index in [-0.39, 0.29) is 5.91 Å². The first kappa shape index (κ1) is 11.1. The molecule has 0 bridgehead atoms. The van der Waals surface area contributed by atoms with Gasteiger partial charge < -0.3 is 4.42 Å². The molecule has 0 unspecified atom stereocenters. The van der Waals surface area contributed by atoms with Crippen molar-refractivity contribution in [2.45, 2.75) is 13.8 Å². The van der Waals surface area contributed by atoms with Crippen LogP contribution in [0.5, 0.6) is 0 Å². The molecule has 17 heavy (non-hydrogen) atoms. The topological polar surface area (TPSA) is 83.3 Å². The predicted octanol–water partition coefficient (Wildman–Crippen LogP) is 1.38. The quantitative estimate of drug-likeness (QED) is 0.619. The van der Waals surface area contributed by atoms with Crippen LogP contribution in [0.25, 0.3) is 0 Å². The van der Waals surface area contributed by atoms with Crippen molar-refractivity contribution in [3.63, 3.8) is 0 Å². The Morgan fingerprint density at radius 3 is 2.94 bits per heavy atom. The van der Waals surface area contributed by atoms with E-state index in [9.17, 15) is 4.79 Å². The normalized spacial score (nSPS) is 10.9. The molecule has 1 amide bonds. The summed E-state index contributed by atoms with van der Waals surface area (Å²) in [5.41, 5.74) is 3.48. The van der Waals surface area contributed by atoms with Crippen LogP contribution in [0.2, 0.25) is 0 Å². The molecule has 88 valence electrons. The van der Waals surface area contributed by atoms with Gasteiger partial charge in [0, 0.05) is 5.69 Å². The van der Waals surface area contributed by atoms with Crippen molar-refractivity contribution in [3.05, 3.63) is 41.1 Å². The third-order valence-corrected chi connectivity index (χ3v) is 2.06. The van der Waals surface area contributed by atoms with Crippen LogP contribution >= 0.6 is 0 Å². The Morgan fingerprint density at radius 1 is 1.53 bits per heavy atom. The van der Waals surface area contributed by atoms with Crippen molar-refractivity contribution in [1.29, 1.82) is 0 Å². The summed E-state index contributed by atoms with van der Waals surface area (Å²) >= 11 is 0. The standard InChI is InChI=1S/C11H12N4O2/c1-7-5-10(14-13-7)11(16)15-12-6-9-4-3-8(2)17-9/h3-6H,1-2H3,(H,13,14)(H,15,16). The molecular formula is C11H12N4O2. The van der Waals surface area contributed by atoms with Crippen LogP contribution in [0.1, 0.15) is 27.7 Å². The Kier molecular flexibility index (Phi) is 3.04. The number of nitrogens with zero attached hydrogens (tertiary/aromatic N) is 2. The Labute approximate surface area is 97.7 Å². The number of rotatable bonds is 3. The van der Waals surface area contributed by atoms with Crippen LogP contribution in [0.3, 0.4) is 0 Å². The van der Waals surface area contributed by atoms with Gasteiger partial charge in [0.15, 0.2) is 5.69 Å². The fourth-order valence-corrected chi connectivity index (χ4v) is 1.27. The number of aromatic nitrogens is 2. The Balaban J connectivity index is 1.94. The van der Waals surface area contributed by atoms with Crippen LogP contribution < -0.4 is 5.43 Å². The molecule has 0 fully saturated rings. The first-order valence-electron chi connectivity index (χ1n) is 5.07. The molecule has 0 radical (unpaired) electrons. The van der Waals surface area contributed by atoms with Crippen molar-refractivity contribution < 1.29 is 9.21 Å². The fraction of sp³-hybridized carbons (Fsp3) is 0.182. The van der Waals surface area contributed by atoms with Crippen molar-refractivity contribution in [2.24, 2.45) is 5.10 Å². The number of carbonyl (C=O) groups excluding carboxylic acids is 1. The first-order chi connectivity index (χ1) is 8.15. The molecule has 2 N–H and O–H groups in total. The van der Waals surface area contributed by atoms with Gasteiger partial charge in [-0.1, -0.05) is 0 Å². The van der Waals surface area contributed by atoms with Gasteiger partial charge in [-0.2, -0.15) is 10.2 Å². The van der Waals surface area contributed by atoms with Crippen molar-refractivity contribution in [2.75, 3.05) is 0 Å². The maximum atomic E-state index is 11.5. The monoisotopic (exact) mass is 232 g/mol. The number of nitrogens with one attached hydrogen (secondary N) is 2. The molecule has 2 aromatic rings. The van der Waals surface area contributed by atoms with E-state index in [2.05, 4.69) is 20.7 Å². The molecule has 0 saturated heterocycles. The summed E-state index contributed by atoms with van der Waals surface area (Å²) in [6.45, 7) is 3.65. The molecule has 0 aliphatic carbocycles. The number of amides is 1. The molecular weight excluding hydrogens is 220 g/mol. The summed E-state index contributed by atoms with van der Waals surface area (Å²) in [5, 5.41) is 10.3. The second-order valence-corrected chi connectivity index (χ2v) is 3.58. The summed E-state index contributed by atoms with van der Waals surface area (Å²) < 4.78 is 5.25. The van der Waals surface area contributed by atoms with Gasteiger partial charge in [0.1, 0.15) is 11.5 Å². The van der Waals surface area contributed by atoms with E-state index in [4.69, 9.17) is 4.42 Å². The highest BCUT2D eigenvalue weighted by Crippen LogP contribution is 2.02. The first-order valence-corrected chi connectivity index (χ1v) is 5.07. The molecule has 2 aromatic heterocycles. The number of aryl methyl sites for hydroxylation is 2. The number of carbonyl (C=O) groups is 1. The zero-order chi connectivity index (χ0) is 12.3. The molecule has 0 atom stereocenters. The summed E-state index contributed by atoms with van der Waals surface area (Å²) in [4.78, 5) is 11.5. The number of hydrazone groups is 1. The fourth-order valence-electron chi connectivity index (χ4n) is 1.27. The third kappa shape index (κ3) is 2.81. The zero-order valence-electron chi connectivity index (χ0n) is 9.52. The highest BCUT2D eigenvalue weighted by atomic mass is 16.3. The molecule has 2 heterocycles. The van der Waals surface area contributed by atoms with Gasteiger partial charge in [0.05, 0.1) is 6.21 Å². The minimum Gasteiger partial charge on any atom is -0.460 e. The molecule has 0 aromatic carbocycles. The second kappa shape index (κ2) is 4.65. The Bertz CT molecular complexity index is 553. The van der Waals surface area contributed by atoms with Crippen LogP contribution in [0, 0.1) is 13.8 Å². The third-order valence-electron chi connectivity index (χ3n) is 2.06. The van der Waals surface area contributed by atoms with Crippen LogP contribution in [0.4, 0.5) is 0 Å². The van der Waals surface area contributed by atoms with Gasteiger partial charge in [0.2, 0.25) is 0 Å². The number of furan rings is 1. The molecule has 0 spiro atoms. The largest absolute Gasteiger partial charge is 0.460 e. The van der Waals surface area contributed by atoms with Crippen molar-refractivity contribution in [1.82, 2.24) is 15.6 Å². The lowest BCUT2D eigenvalue weighted by Gasteiger charge is -1.93. The highest BCUT2D eigenvalue weighted by Gasteiger charge is 2.07. The number of H-pyrrole nitrogens is 1. The van der Waals surface area contributed by atoms with Gasteiger partial charge in [0.25, 0.3) is 5.91 Å². The van der Waals surface area contributed by atoms with E-state index in [0.29, 0.717) is 11.5 Å². The van der Waals surface area contributed by atoms with Crippen LogP contribution in [0.15, 0.2) is 27.7 Å². The van der Waals surface area contributed by atoms with E-state index >= 15 is 0 Å². The molecule has 2 rings (SSSR count). The van der Waals surface area contributed by atoms with Gasteiger partial charge in [-0.25, -0.2) is 5.43 Å². The smallest absolute Gasteiger partial charge is 0.291 e. The summed E-state index contributed by atoms with van der Waals surface area (Å²) in [6.07, 6.45) is 1.43. The minimum atomic E-state index is -0.367. The molecule has 0 saturated carbocycles. The number of aromatic amines is 1. The van der Waals surface area contributed by atoms with E-state index < -0.39 is 0 Å². The SMILES string of the molecule is Cc1cc(C(=O)NN=Cc2ccc(C)o2)n[nH]1. The van der Waals surface area contributed by atoms with Crippen molar-refractivity contribution >= 4 is 12.1 Å². The lowest BCUT2D eigenvalue weighted by atomic mass is 10.4. The number of hydrogen-bond acceptors (Lipinski definition) is 4. The second-order valence-electron chi connectivity index (χ2n) is 3.58.